The third-order valence-corrected chi connectivity index (χ3v) is 22.3. The van der Waals surface area contributed by atoms with E-state index in [-0.39, 0.29) is 0 Å². The van der Waals surface area contributed by atoms with Crippen LogP contribution in [0.15, 0.2) is 0 Å². The van der Waals surface area contributed by atoms with Crippen LogP contribution in [0.1, 0.15) is 182 Å². The van der Waals surface area contributed by atoms with Gasteiger partial charge in [0.25, 0.3) is 0 Å². The average Bonchev–Trinajstić information content (AvgIpc) is 3.30. The molecule has 0 amide bonds. The van der Waals surface area contributed by atoms with E-state index in [9.17, 15) is 0 Å². The summed E-state index contributed by atoms with van der Waals surface area (Å²) in [4.78, 5) is 0. The molecule has 242 valence electrons. The van der Waals surface area contributed by atoms with Crippen molar-refractivity contribution in [3.05, 3.63) is 0 Å². The van der Waals surface area contributed by atoms with Crippen LogP contribution in [0.3, 0.4) is 0 Å². The summed E-state index contributed by atoms with van der Waals surface area (Å²) in [6.45, 7) is 9.36. The molecule has 5 heteroatoms. The summed E-state index contributed by atoms with van der Waals surface area (Å²) in [5.41, 5.74) is 0. The van der Waals surface area contributed by atoms with Gasteiger partial charge in [-0.2, -0.15) is 0 Å². The first-order chi connectivity index (χ1) is 20.3. The number of hydrogen-bond acceptors (Lipinski definition) is 1. The van der Waals surface area contributed by atoms with E-state index in [4.69, 9.17) is 0 Å². The van der Waals surface area contributed by atoms with E-state index in [1.807, 2.05) is 16.5 Å². The van der Waals surface area contributed by atoms with Crippen molar-refractivity contribution in [3.63, 3.8) is 0 Å². The fourth-order valence-electron chi connectivity index (χ4n) is 5.01. The van der Waals surface area contributed by atoms with Crippen LogP contribution in [-0.4, -0.2) is 59.8 Å². The molecule has 0 radical (unpaired) electrons. The molecule has 0 fully saturated rings. The van der Waals surface area contributed by atoms with E-state index in [2.05, 4.69) is 39.0 Å². The zero-order chi connectivity index (χ0) is 29.6. The van der Waals surface area contributed by atoms with Gasteiger partial charge in [-0.05, 0) is 0 Å². The van der Waals surface area contributed by atoms with Crippen LogP contribution in [0.2, 0.25) is 21.3 Å². The third-order valence-electron chi connectivity index (χ3n) is 7.71. The van der Waals surface area contributed by atoms with Crippen molar-refractivity contribution >= 4 is 87.6 Å². The Morgan fingerprint density at radius 3 is 0.854 bits per heavy atom. The van der Waals surface area contributed by atoms with Gasteiger partial charge in [-0.3, -0.25) is 0 Å². The summed E-state index contributed by atoms with van der Waals surface area (Å²) < 4.78 is 7.87. The Kier molecular flexibility index (Phi) is 31.6. The average molecular weight is 849 g/mol. The van der Waals surface area contributed by atoms with E-state index in [1.165, 1.54) is 175 Å². The first-order valence-corrected chi connectivity index (χ1v) is 27.0. The molecule has 1 aromatic rings. The molecule has 0 aliphatic heterocycles. The van der Waals surface area contributed by atoms with Gasteiger partial charge in [0, 0.05) is 0 Å². The van der Waals surface area contributed by atoms with E-state index < -0.39 is 0 Å². The zero-order valence-electron chi connectivity index (χ0n) is 27.8. The fraction of sp³-hybridized carbons (Fsp3) is 0.889. The van der Waals surface area contributed by atoms with Gasteiger partial charge in [0.2, 0.25) is 0 Å². The van der Waals surface area contributed by atoms with Crippen molar-refractivity contribution < 1.29 is 0 Å². The first-order valence-electron chi connectivity index (χ1n) is 18.0. The van der Waals surface area contributed by atoms with Gasteiger partial charge >= 0.3 is 291 Å². The Balaban J connectivity index is 2.80. The molecule has 0 unspecified atom stereocenters. The molecule has 0 aliphatic rings. The predicted octanol–water partition coefficient (Wildman–Crippen LogP) is 10.2. The van der Waals surface area contributed by atoms with Crippen molar-refractivity contribution in [1.82, 2.24) is 0 Å². The van der Waals surface area contributed by atoms with Crippen molar-refractivity contribution in [2.45, 2.75) is 203 Å². The van der Waals surface area contributed by atoms with Crippen LogP contribution in [0.5, 0.6) is 0 Å². The summed E-state index contributed by atoms with van der Waals surface area (Å²) in [6.07, 6.45) is 34.9. The molecule has 1 heterocycles. The molecule has 1 aromatic heterocycles. The van der Waals surface area contributed by atoms with E-state index in [1.54, 1.807) is 0 Å². The Bertz CT molecular complexity index is 620. The summed E-state index contributed by atoms with van der Waals surface area (Å²) in [7, 11) is 0. The zero-order valence-corrected chi connectivity index (χ0v) is 35.5. The molecule has 41 heavy (non-hydrogen) atoms. The van der Waals surface area contributed by atoms with Crippen LogP contribution < -0.4 is 16.5 Å². The summed E-state index contributed by atoms with van der Waals surface area (Å²) >= 11 is 5.34. The standard InChI is InChI=1S/C36H68SSe4/c1-5-9-13-17-21-25-29-38-33-34(39-30-26-22-18-14-10-6-2)36(41-32-28-24-20-16-12-8-4)37-35(33)40-31-27-23-19-15-11-7-3/h5-32H2,1-4H3. The second-order valence-corrected chi connectivity index (χ2v) is 23.3. The topological polar surface area (TPSA) is 0 Å². The molecule has 0 aromatic carbocycles. The minimum atomic E-state index is 0.742. The van der Waals surface area contributed by atoms with Crippen molar-refractivity contribution in [1.29, 1.82) is 0 Å². The fourth-order valence-corrected chi connectivity index (χ4v) is 22.1. The Morgan fingerprint density at radius 1 is 0.317 bits per heavy atom. The van der Waals surface area contributed by atoms with Gasteiger partial charge in [0.15, 0.2) is 0 Å². The number of hydrogen-bond donors (Lipinski definition) is 0. The van der Waals surface area contributed by atoms with Gasteiger partial charge in [-0.25, -0.2) is 0 Å². The maximum absolute atomic E-state index is 2.37. The predicted molar refractivity (Wildman–Crippen MR) is 199 cm³/mol. The maximum atomic E-state index is 2.37. The third kappa shape index (κ3) is 22.9. The molecular weight excluding hydrogens is 780 g/mol. The molecule has 0 saturated carbocycles. The molecular formula is C36H68SSe4. The summed E-state index contributed by atoms with van der Waals surface area (Å²) in [5.74, 6) is 0. The normalized spacial score (nSPS) is 11.6. The SMILES string of the molecule is CCCCCCCC[Se]c1sc([Se]CCCCCCCC)c([Se]CCCCCCCC)c1[Se]CCCCCCCC. The minimum absolute atomic E-state index is 0.742. The molecule has 0 atom stereocenters. The molecule has 0 N–H and O–H groups in total. The number of thiophene rings is 1. The quantitative estimate of drug-likeness (QED) is 0.0501. The van der Waals surface area contributed by atoms with Gasteiger partial charge in [0.05, 0.1) is 0 Å². The van der Waals surface area contributed by atoms with Crippen LogP contribution in [0.25, 0.3) is 0 Å². The van der Waals surface area contributed by atoms with Crippen LogP contribution in [-0.2, 0) is 0 Å². The van der Waals surface area contributed by atoms with E-state index >= 15 is 0 Å². The van der Waals surface area contributed by atoms with Crippen molar-refractivity contribution in [3.8, 4) is 0 Å². The van der Waals surface area contributed by atoms with Crippen molar-refractivity contribution in [2.75, 3.05) is 0 Å². The van der Waals surface area contributed by atoms with Gasteiger partial charge in [-0.15, -0.1) is 0 Å². The van der Waals surface area contributed by atoms with Crippen LogP contribution >= 0.6 is 11.3 Å². The van der Waals surface area contributed by atoms with Crippen molar-refractivity contribution in [2.24, 2.45) is 0 Å². The second kappa shape index (κ2) is 31.7. The Morgan fingerprint density at radius 2 is 0.561 bits per heavy atom. The van der Waals surface area contributed by atoms with Gasteiger partial charge < -0.3 is 0 Å². The van der Waals surface area contributed by atoms with E-state index in [0.717, 1.165) is 59.8 Å². The molecule has 0 bridgehead atoms. The summed E-state index contributed by atoms with van der Waals surface area (Å²) in [5, 5.41) is 6.04. The Labute approximate surface area is 288 Å². The Hall–Kier alpha value is 1.78. The van der Waals surface area contributed by atoms with Crippen LogP contribution in [0, 0.1) is 0 Å². The summed E-state index contributed by atoms with van der Waals surface area (Å²) in [6, 6.07) is 0. The van der Waals surface area contributed by atoms with Crippen LogP contribution in [0.4, 0.5) is 0 Å². The number of unbranched alkanes of at least 4 members (excludes halogenated alkanes) is 20. The molecule has 1 rings (SSSR count). The van der Waals surface area contributed by atoms with Gasteiger partial charge in [-0.1, -0.05) is 0 Å². The first kappa shape index (κ1) is 40.8. The molecule has 0 aliphatic carbocycles. The molecule has 0 saturated heterocycles. The van der Waals surface area contributed by atoms with E-state index in [0.29, 0.717) is 0 Å². The number of rotatable bonds is 32. The van der Waals surface area contributed by atoms with Gasteiger partial charge in [0.1, 0.15) is 0 Å². The second-order valence-electron chi connectivity index (χ2n) is 11.8. The molecule has 0 spiro atoms. The monoisotopic (exact) mass is 852 g/mol. The molecule has 0 nitrogen and oxygen atoms in total.